The van der Waals surface area contributed by atoms with E-state index in [-0.39, 0.29) is 0 Å². The van der Waals surface area contributed by atoms with E-state index in [2.05, 4.69) is 0 Å². The smallest absolute Gasteiger partial charge is 0.221 e. The molecule has 0 aromatic carbocycles. The molecule has 0 aliphatic carbocycles. The highest BCUT2D eigenvalue weighted by atomic mass is 32.3. The number of hydrogen-bond donors (Lipinski definition) is 0. The summed E-state index contributed by atoms with van der Waals surface area (Å²) in [6.07, 6.45) is -13.8. The zero-order chi connectivity index (χ0) is 17.7. The van der Waals surface area contributed by atoms with Crippen molar-refractivity contribution in [3.05, 3.63) is 0 Å². The molecule has 0 saturated carbocycles. The summed E-state index contributed by atoms with van der Waals surface area (Å²) < 4.78 is 162. The number of halogens is 10. The van der Waals surface area contributed by atoms with Crippen molar-refractivity contribution in [1.29, 1.82) is 0 Å². The first-order chi connectivity index (χ1) is 8.71. The summed E-state index contributed by atoms with van der Waals surface area (Å²) in [5.74, 6) is 0. The largest absolute Gasteiger partial charge is 0.469 e. The molecule has 0 saturated heterocycles. The van der Waals surface area contributed by atoms with Gasteiger partial charge in [-0.2, -0.15) is 43.9 Å². The fourth-order valence-corrected chi connectivity index (χ4v) is 4.23. The van der Waals surface area contributed by atoms with Crippen molar-refractivity contribution in [3.63, 3.8) is 0 Å². The highest BCUT2D eigenvalue weighted by molar-refractivity contribution is 8.09. The first kappa shape index (κ1) is 20.2. The van der Waals surface area contributed by atoms with Gasteiger partial charge < -0.3 is 0 Å². The second-order valence-corrected chi connectivity index (χ2v) is 7.80. The third-order valence-electron chi connectivity index (χ3n) is 1.75. The molecule has 0 heterocycles. The van der Waals surface area contributed by atoms with Crippen molar-refractivity contribution in [2.45, 2.75) is 22.9 Å². The van der Waals surface area contributed by atoms with E-state index in [9.17, 15) is 60.7 Å². The number of rotatable bonds is 4. The lowest BCUT2D eigenvalue weighted by Gasteiger charge is -2.23. The van der Waals surface area contributed by atoms with Crippen LogP contribution >= 0.6 is 0 Å². The van der Waals surface area contributed by atoms with E-state index >= 15 is 0 Å². The van der Waals surface area contributed by atoms with Crippen LogP contribution in [0.1, 0.15) is 0 Å². The number of hydrogen-bond acceptors (Lipinski definition) is 4. The van der Waals surface area contributed by atoms with Crippen LogP contribution in [0.5, 0.6) is 0 Å². The number of sulfone groups is 2. The normalized spacial score (nSPS) is 16.1. The molecule has 0 unspecified atom stereocenters. The van der Waals surface area contributed by atoms with Gasteiger partial charge in [0.25, 0.3) is 0 Å². The van der Waals surface area contributed by atoms with Crippen LogP contribution in [-0.4, -0.2) is 44.8 Å². The Hall–Kier alpha value is -0.800. The molecule has 0 aromatic rings. The van der Waals surface area contributed by atoms with E-state index in [1.165, 1.54) is 0 Å². The second-order valence-electron chi connectivity index (χ2n) is 3.38. The monoisotopic (exact) mass is 380 g/mol. The SMILES string of the molecule is O=S(=O)(CS(=O)(=O)C(F)(F)C(F)(F)F)C(F)(F)C(F)(F)F. The molecule has 128 valence electrons. The van der Waals surface area contributed by atoms with Gasteiger partial charge in [-0.05, 0) is 0 Å². The first-order valence-electron chi connectivity index (χ1n) is 4.04. The van der Waals surface area contributed by atoms with Crippen LogP contribution in [0.3, 0.4) is 0 Å². The van der Waals surface area contributed by atoms with Crippen molar-refractivity contribution >= 4 is 19.7 Å². The van der Waals surface area contributed by atoms with Gasteiger partial charge in [0.05, 0.1) is 0 Å². The molecular weight excluding hydrogens is 378 g/mol. The molecular formula is C5H2F10O4S2. The molecule has 21 heavy (non-hydrogen) atoms. The quantitative estimate of drug-likeness (QED) is 0.701. The molecule has 0 N–H and O–H groups in total. The van der Waals surface area contributed by atoms with Gasteiger partial charge in [0.2, 0.25) is 19.7 Å². The van der Waals surface area contributed by atoms with Gasteiger partial charge >= 0.3 is 22.9 Å². The van der Waals surface area contributed by atoms with Gasteiger partial charge in [0, 0.05) is 0 Å². The van der Waals surface area contributed by atoms with Crippen molar-refractivity contribution < 1.29 is 60.7 Å². The predicted molar refractivity (Wildman–Crippen MR) is 44.7 cm³/mol. The second kappa shape index (κ2) is 4.85. The Labute approximate surface area is 109 Å². The Morgan fingerprint density at radius 3 is 0.857 bits per heavy atom. The van der Waals surface area contributed by atoms with E-state index in [0.29, 0.717) is 0 Å². The minimum atomic E-state index is -7.24. The zero-order valence-corrected chi connectivity index (χ0v) is 10.6. The summed E-state index contributed by atoms with van der Waals surface area (Å²) in [4.78, 5) is 0. The maximum absolute atomic E-state index is 12.4. The predicted octanol–water partition coefficient (Wildman–Crippen LogP) is 2.08. The summed E-state index contributed by atoms with van der Waals surface area (Å²) in [6.45, 7) is 0. The zero-order valence-electron chi connectivity index (χ0n) is 8.94. The molecule has 4 nitrogen and oxygen atoms in total. The van der Waals surface area contributed by atoms with Gasteiger partial charge in [-0.15, -0.1) is 0 Å². The van der Waals surface area contributed by atoms with Crippen LogP contribution in [0.4, 0.5) is 43.9 Å². The molecule has 0 rings (SSSR count). The van der Waals surface area contributed by atoms with E-state index < -0.39 is 47.6 Å². The van der Waals surface area contributed by atoms with Crippen LogP contribution < -0.4 is 0 Å². The molecule has 0 amide bonds. The van der Waals surface area contributed by atoms with Gasteiger partial charge in [-0.1, -0.05) is 0 Å². The number of alkyl halides is 10. The standard InChI is InChI=1S/C5H2F10O4S2/c6-2(7,8)4(12,13)20(16,17)1-21(18,19)5(14,15)3(9,10)11/h1H2. The van der Waals surface area contributed by atoms with E-state index in [4.69, 9.17) is 0 Å². The molecule has 0 fully saturated rings. The molecule has 0 aliphatic rings. The average Bonchev–Trinajstić information content (AvgIpc) is 2.11. The lowest BCUT2D eigenvalue weighted by atomic mass is 10.7. The van der Waals surface area contributed by atoms with Crippen LogP contribution in [0, 0.1) is 0 Å². The Morgan fingerprint density at radius 2 is 0.714 bits per heavy atom. The molecule has 0 spiro atoms. The highest BCUT2D eigenvalue weighted by Gasteiger charge is 2.72. The summed E-state index contributed by atoms with van der Waals surface area (Å²) in [5, 5.41) is -17.4. The fraction of sp³-hybridized carbons (Fsp3) is 1.00. The summed E-state index contributed by atoms with van der Waals surface area (Å²) >= 11 is 0. The maximum atomic E-state index is 12.4. The molecule has 0 aliphatic heterocycles. The van der Waals surface area contributed by atoms with Crippen molar-refractivity contribution in [1.82, 2.24) is 0 Å². The molecule has 0 radical (unpaired) electrons. The maximum Gasteiger partial charge on any atom is 0.469 e. The van der Waals surface area contributed by atoms with Crippen LogP contribution in [0.15, 0.2) is 0 Å². The van der Waals surface area contributed by atoms with E-state index in [1.807, 2.05) is 0 Å². The first-order valence-corrected chi connectivity index (χ1v) is 7.35. The third kappa shape index (κ3) is 3.35. The topological polar surface area (TPSA) is 68.3 Å². The molecule has 0 aromatic heterocycles. The lowest BCUT2D eigenvalue weighted by Crippen LogP contribution is -2.51. The summed E-state index contributed by atoms with van der Waals surface area (Å²) in [5.41, 5.74) is 0. The molecule has 0 bridgehead atoms. The Bertz CT molecular complexity index is 540. The minimum Gasteiger partial charge on any atom is -0.221 e. The van der Waals surface area contributed by atoms with Crippen LogP contribution in [0.25, 0.3) is 0 Å². The summed E-state index contributed by atoms with van der Waals surface area (Å²) in [6, 6.07) is 0. The molecule has 16 heteroatoms. The van der Waals surface area contributed by atoms with Crippen molar-refractivity contribution in [2.75, 3.05) is 5.08 Å². The average molecular weight is 380 g/mol. The fourth-order valence-electron chi connectivity index (χ4n) is 0.705. The van der Waals surface area contributed by atoms with Gasteiger partial charge in [0.1, 0.15) is 0 Å². The highest BCUT2D eigenvalue weighted by Crippen LogP contribution is 2.44. The van der Waals surface area contributed by atoms with E-state index in [1.54, 1.807) is 0 Å². The lowest BCUT2D eigenvalue weighted by molar-refractivity contribution is -0.242. The Kier molecular flexibility index (Phi) is 4.67. The third-order valence-corrected chi connectivity index (χ3v) is 6.26. The van der Waals surface area contributed by atoms with Crippen molar-refractivity contribution in [2.24, 2.45) is 0 Å². The van der Waals surface area contributed by atoms with Crippen molar-refractivity contribution in [3.8, 4) is 0 Å². The van der Waals surface area contributed by atoms with E-state index in [0.717, 1.165) is 0 Å². The Balaban J connectivity index is 5.91. The minimum absolute atomic E-state index is 3.75. The van der Waals surface area contributed by atoms with Gasteiger partial charge in [-0.3, -0.25) is 0 Å². The van der Waals surface area contributed by atoms with Gasteiger partial charge in [-0.25, -0.2) is 16.8 Å². The molecule has 0 atom stereocenters. The Morgan fingerprint density at radius 1 is 0.524 bits per heavy atom. The van der Waals surface area contributed by atoms with Crippen LogP contribution in [-0.2, 0) is 19.7 Å². The van der Waals surface area contributed by atoms with Crippen LogP contribution in [0.2, 0.25) is 0 Å². The summed E-state index contributed by atoms with van der Waals surface area (Å²) in [7, 11) is -14.5. The van der Waals surface area contributed by atoms with Gasteiger partial charge in [0.15, 0.2) is 5.08 Å².